The lowest BCUT2D eigenvalue weighted by molar-refractivity contribution is 0.281. The first kappa shape index (κ1) is 16.2. The summed E-state index contributed by atoms with van der Waals surface area (Å²) >= 11 is 1.54. The fourth-order valence-corrected chi connectivity index (χ4v) is 4.47. The van der Waals surface area contributed by atoms with Crippen molar-refractivity contribution in [3.05, 3.63) is 51.7 Å². The van der Waals surface area contributed by atoms with Crippen LogP contribution in [0, 0.1) is 0 Å². The van der Waals surface area contributed by atoms with Gasteiger partial charge in [-0.15, -0.1) is 0 Å². The van der Waals surface area contributed by atoms with E-state index in [1.54, 1.807) is 18.2 Å². The van der Waals surface area contributed by atoms with Crippen LogP contribution < -0.4 is 4.72 Å². The lowest BCUT2D eigenvalue weighted by Crippen LogP contribution is -2.27. The van der Waals surface area contributed by atoms with Gasteiger partial charge in [0.25, 0.3) is 0 Å². The zero-order valence-electron chi connectivity index (χ0n) is 12.0. The highest BCUT2D eigenvalue weighted by molar-refractivity contribution is 7.89. The molecule has 4 nitrogen and oxygen atoms in total. The topological polar surface area (TPSA) is 66.4 Å². The van der Waals surface area contributed by atoms with Crippen molar-refractivity contribution in [2.45, 2.75) is 37.8 Å². The molecule has 0 amide bonds. The first-order chi connectivity index (χ1) is 9.97. The van der Waals surface area contributed by atoms with E-state index in [1.165, 1.54) is 11.3 Å². The minimum atomic E-state index is -3.62. The summed E-state index contributed by atoms with van der Waals surface area (Å²) in [6, 6.07) is 6.67. The maximum absolute atomic E-state index is 12.6. The van der Waals surface area contributed by atoms with Crippen molar-refractivity contribution in [3.8, 4) is 0 Å². The van der Waals surface area contributed by atoms with E-state index in [2.05, 4.69) is 4.72 Å². The van der Waals surface area contributed by atoms with Crippen molar-refractivity contribution in [2.75, 3.05) is 0 Å². The van der Waals surface area contributed by atoms with Crippen molar-refractivity contribution in [1.29, 1.82) is 0 Å². The Morgan fingerprint density at radius 1 is 1.33 bits per heavy atom. The molecule has 21 heavy (non-hydrogen) atoms. The van der Waals surface area contributed by atoms with Crippen LogP contribution in [0.25, 0.3) is 0 Å². The highest BCUT2D eigenvalue weighted by atomic mass is 32.2. The number of hydrogen-bond donors (Lipinski definition) is 2. The van der Waals surface area contributed by atoms with Gasteiger partial charge in [0.15, 0.2) is 0 Å². The minimum Gasteiger partial charge on any atom is -0.392 e. The highest BCUT2D eigenvalue weighted by Gasteiger charge is 2.21. The van der Waals surface area contributed by atoms with Gasteiger partial charge in [0.05, 0.1) is 11.5 Å². The summed E-state index contributed by atoms with van der Waals surface area (Å²) in [6.45, 7) is 3.56. The van der Waals surface area contributed by atoms with E-state index in [-0.39, 0.29) is 17.5 Å². The standard InChI is InChI=1S/C15H19NO3S2/c1-3-13-5-4-12(9-17)8-15(13)21(18,19)16-11(2)14-6-7-20-10-14/h4-8,10-11,16-17H,3,9H2,1-2H3. The minimum absolute atomic E-state index is 0.174. The van der Waals surface area contributed by atoms with Gasteiger partial charge in [0, 0.05) is 6.04 Å². The molecule has 0 saturated heterocycles. The zero-order chi connectivity index (χ0) is 15.5. The number of aryl methyl sites for hydroxylation is 1. The monoisotopic (exact) mass is 325 g/mol. The quantitative estimate of drug-likeness (QED) is 0.858. The second-order valence-corrected chi connectivity index (χ2v) is 7.32. The predicted octanol–water partition coefficient (Wildman–Crippen LogP) is 2.84. The number of aliphatic hydroxyl groups excluding tert-OH is 1. The smallest absolute Gasteiger partial charge is 0.241 e. The first-order valence-corrected chi connectivity index (χ1v) is 9.17. The highest BCUT2D eigenvalue weighted by Crippen LogP contribution is 2.22. The maximum atomic E-state index is 12.6. The van der Waals surface area contributed by atoms with Crippen molar-refractivity contribution in [1.82, 2.24) is 4.72 Å². The van der Waals surface area contributed by atoms with Gasteiger partial charge in [0.1, 0.15) is 0 Å². The van der Waals surface area contributed by atoms with E-state index >= 15 is 0 Å². The predicted molar refractivity (Wildman–Crippen MR) is 84.8 cm³/mol. The number of benzene rings is 1. The van der Waals surface area contributed by atoms with Gasteiger partial charge in [-0.25, -0.2) is 13.1 Å². The molecule has 2 rings (SSSR count). The van der Waals surface area contributed by atoms with Gasteiger partial charge in [-0.05, 0) is 52.9 Å². The van der Waals surface area contributed by atoms with Crippen LogP contribution in [0.5, 0.6) is 0 Å². The lowest BCUT2D eigenvalue weighted by Gasteiger charge is -2.16. The van der Waals surface area contributed by atoms with Crippen molar-refractivity contribution < 1.29 is 13.5 Å². The van der Waals surface area contributed by atoms with Crippen molar-refractivity contribution in [3.63, 3.8) is 0 Å². The SMILES string of the molecule is CCc1ccc(CO)cc1S(=O)(=O)NC(C)c1ccsc1. The Kier molecular flexibility index (Phi) is 5.16. The summed E-state index contributed by atoms with van der Waals surface area (Å²) in [7, 11) is -3.62. The van der Waals surface area contributed by atoms with E-state index in [9.17, 15) is 13.5 Å². The number of nitrogens with one attached hydrogen (secondary N) is 1. The molecule has 2 N–H and O–H groups in total. The molecule has 1 unspecified atom stereocenters. The molecule has 0 bridgehead atoms. The molecule has 0 radical (unpaired) electrons. The molecule has 0 aliphatic heterocycles. The summed E-state index contributed by atoms with van der Waals surface area (Å²) in [5, 5.41) is 13.1. The van der Waals surface area contributed by atoms with Crippen LogP contribution in [0.4, 0.5) is 0 Å². The van der Waals surface area contributed by atoms with E-state index < -0.39 is 10.0 Å². The van der Waals surface area contributed by atoms with Crippen molar-refractivity contribution >= 4 is 21.4 Å². The van der Waals surface area contributed by atoms with E-state index in [0.717, 1.165) is 11.1 Å². The fourth-order valence-electron chi connectivity index (χ4n) is 2.13. The molecule has 1 heterocycles. The lowest BCUT2D eigenvalue weighted by atomic mass is 10.1. The van der Waals surface area contributed by atoms with E-state index in [1.807, 2.05) is 30.7 Å². The van der Waals surface area contributed by atoms with Gasteiger partial charge in [0.2, 0.25) is 10.0 Å². The second-order valence-electron chi connectivity index (χ2n) is 4.85. The molecule has 1 aromatic carbocycles. The molecule has 0 saturated carbocycles. The van der Waals surface area contributed by atoms with Crippen LogP contribution in [-0.4, -0.2) is 13.5 Å². The average molecular weight is 325 g/mol. The summed E-state index contributed by atoms with van der Waals surface area (Å²) in [6.07, 6.45) is 0.620. The summed E-state index contributed by atoms with van der Waals surface area (Å²) in [5.74, 6) is 0. The van der Waals surface area contributed by atoms with Gasteiger partial charge in [-0.1, -0.05) is 19.1 Å². The maximum Gasteiger partial charge on any atom is 0.241 e. The third-order valence-corrected chi connectivity index (χ3v) is 5.68. The molecular weight excluding hydrogens is 306 g/mol. The number of sulfonamides is 1. The van der Waals surface area contributed by atoms with Crippen LogP contribution in [-0.2, 0) is 23.1 Å². The summed E-state index contributed by atoms with van der Waals surface area (Å²) < 4.78 is 27.9. The Morgan fingerprint density at radius 2 is 2.10 bits per heavy atom. The first-order valence-electron chi connectivity index (χ1n) is 6.75. The average Bonchev–Trinajstić information content (AvgIpc) is 3.00. The fraction of sp³-hybridized carbons (Fsp3) is 0.333. The molecular formula is C15H19NO3S2. The molecule has 1 aromatic heterocycles. The Labute approximate surface area is 129 Å². The summed E-state index contributed by atoms with van der Waals surface area (Å²) in [4.78, 5) is 0.249. The molecule has 6 heteroatoms. The van der Waals surface area contributed by atoms with Crippen LogP contribution in [0.1, 0.15) is 36.6 Å². The molecule has 1 atom stereocenters. The number of rotatable bonds is 6. The third-order valence-electron chi connectivity index (χ3n) is 3.36. The van der Waals surface area contributed by atoms with Gasteiger partial charge in [-0.3, -0.25) is 0 Å². The number of aliphatic hydroxyl groups is 1. The van der Waals surface area contributed by atoms with Crippen LogP contribution in [0.2, 0.25) is 0 Å². The molecule has 0 spiro atoms. The zero-order valence-corrected chi connectivity index (χ0v) is 13.7. The van der Waals surface area contributed by atoms with Gasteiger partial charge >= 0.3 is 0 Å². The third kappa shape index (κ3) is 3.71. The molecule has 114 valence electrons. The molecule has 2 aromatic rings. The normalized spacial score (nSPS) is 13.3. The Bertz CT molecular complexity index is 694. The Morgan fingerprint density at radius 3 is 2.67 bits per heavy atom. The van der Waals surface area contributed by atoms with Gasteiger partial charge in [-0.2, -0.15) is 11.3 Å². The van der Waals surface area contributed by atoms with Crippen LogP contribution in [0.15, 0.2) is 39.9 Å². The number of hydrogen-bond acceptors (Lipinski definition) is 4. The van der Waals surface area contributed by atoms with Crippen LogP contribution >= 0.6 is 11.3 Å². The second kappa shape index (κ2) is 6.70. The number of thiophene rings is 1. The van der Waals surface area contributed by atoms with E-state index in [4.69, 9.17) is 0 Å². The van der Waals surface area contributed by atoms with Crippen LogP contribution in [0.3, 0.4) is 0 Å². The largest absolute Gasteiger partial charge is 0.392 e. The van der Waals surface area contributed by atoms with Gasteiger partial charge < -0.3 is 5.11 Å². The molecule has 0 aliphatic rings. The summed E-state index contributed by atoms with van der Waals surface area (Å²) in [5.41, 5.74) is 2.29. The Balaban J connectivity index is 2.34. The Hall–Kier alpha value is -1.21. The molecule has 0 fully saturated rings. The molecule has 0 aliphatic carbocycles. The van der Waals surface area contributed by atoms with E-state index in [0.29, 0.717) is 12.0 Å². The van der Waals surface area contributed by atoms with Crippen molar-refractivity contribution in [2.24, 2.45) is 0 Å².